The van der Waals surface area contributed by atoms with Gasteiger partial charge in [-0.05, 0) is 12.0 Å². The lowest BCUT2D eigenvalue weighted by Gasteiger charge is -2.04. The molecule has 90 valence electrons. The first-order chi connectivity index (χ1) is 7.91. The van der Waals surface area contributed by atoms with Crippen LogP contribution in [0.5, 0.6) is 0 Å². The Hall–Kier alpha value is -1.19. The van der Waals surface area contributed by atoms with Gasteiger partial charge in [-0.25, -0.2) is 4.79 Å². The van der Waals surface area contributed by atoms with Crippen LogP contribution in [0.25, 0.3) is 11.0 Å². The summed E-state index contributed by atoms with van der Waals surface area (Å²) in [5.41, 5.74) is 1.01. The van der Waals surface area contributed by atoms with Crippen LogP contribution in [0.3, 0.4) is 0 Å². The molecule has 0 saturated heterocycles. The lowest BCUT2D eigenvalue weighted by atomic mass is 9.99. The SMILES string of the molecule is CC(C)c1c(C(=O)O)oc2cc(Cl)cc(Cl)c12. The van der Waals surface area contributed by atoms with Crippen molar-refractivity contribution < 1.29 is 14.3 Å². The molecule has 0 atom stereocenters. The molecule has 1 aromatic heterocycles. The minimum Gasteiger partial charge on any atom is -0.475 e. The Kier molecular flexibility index (Phi) is 3.06. The highest BCUT2D eigenvalue weighted by Crippen LogP contribution is 2.38. The average Bonchev–Trinajstić information content (AvgIpc) is 2.56. The van der Waals surface area contributed by atoms with E-state index in [0.717, 1.165) is 0 Å². The fraction of sp³-hybridized carbons (Fsp3) is 0.250. The molecule has 0 unspecified atom stereocenters. The van der Waals surface area contributed by atoms with Crippen molar-refractivity contribution in [2.75, 3.05) is 0 Å². The van der Waals surface area contributed by atoms with Crippen LogP contribution < -0.4 is 0 Å². The molecule has 0 amide bonds. The van der Waals surface area contributed by atoms with Crippen LogP contribution in [-0.4, -0.2) is 11.1 Å². The van der Waals surface area contributed by atoms with Crippen molar-refractivity contribution in [1.29, 1.82) is 0 Å². The molecule has 0 aliphatic heterocycles. The Bertz CT molecular complexity index is 599. The molecule has 1 heterocycles. The first-order valence-electron chi connectivity index (χ1n) is 5.06. The number of benzene rings is 1. The van der Waals surface area contributed by atoms with Gasteiger partial charge in [0.1, 0.15) is 5.58 Å². The van der Waals surface area contributed by atoms with E-state index in [1.165, 1.54) is 0 Å². The summed E-state index contributed by atoms with van der Waals surface area (Å²) in [6, 6.07) is 3.15. The Balaban J connectivity index is 2.90. The fourth-order valence-electron chi connectivity index (χ4n) is 1.88. The highest BCUT2D eigenvalue weighted by molar-refractivity contribution is 6.38. The average molecular weight is 273 g/mol. The quantitative estimate of drug-likeness (QED) is 0.872. The van der Waals surface area contributed by atoms with Crippen molar-refractivity contribution in [3.8, 4) is 0 Å². The second-order valence-electron chi connectivity index (χ2n) is 4.07. The molecule has 2 aromatic rings. The zero-order valence-corrected chi connectivity index (χ0v) is 10.8. The van der Waals surface area contributed by atoms with Gasteiger partial charge in [-0.3, -0.25) is 0 Å². The van der Waals surface area contributed by atoms with Crippen LogP contribution in [0.2, 0.25) is 10.0 Å². The first kappa shape index (κ1) is 12.3. The summed E-state index contributed by atoms with van der Waals surface area (Å²) in [4.78, 5) is 11.1. The summed E-state index contributed by atoms with van der Waals surface area (Å²) < 4.78 is 5.32. The standard InChI is InChI=1S/C12H10Cl2O3/c1-5(2)9-10-7(14)3-6(13)4-8(10)17-11(9)12(15)16/h3-5H,1-2H3,(H,15,16). The van der Waals surface area contributed by atoms with E-state index in [1.807, 2.05) is 13.8 Å². The molecule has 1 N–H and O–H groups in total. The highest BCUT2D eigenvalue weighted by Gasteiger charge is 2.24. The van der Waals surface area contributed by atoms with E-state index >= 15 is 0 Å². The second kappa shape index (κ2) is 4.24. The number of fused-ring (bicyclic) bond motifs is 1. The number of carboxylic acids is 1. The number of rotatable bonds is 2. The van der Waals surface area contributed by atoms with Crippen LogP contribution in [0.4, 0.5) is 0 Å². The van der Waals surface area contributed by atoms with E-state index in [-0.39, 0.29) is 11.7 Å². The molecule has 0 radical (unpaired) electrons. The molecule has 0 fully saturated rings. The van der Waals surface area contributed by atoms with Crippen molar-refractivity contribution >= 4 is 40.1 Å². The Labute approximate surface area is 108 Å². The maximum Gasteiger partial charge on any atom is 0.372 e. The lowest BCUT2D eigenvalue weighted by Crippen LogP contribution is -2.00. The van der Waals surface area contributed by atoms with E-state index in [2.05, 4.69) is 0 Å². The predicted molar refractivity (Wildman–Crippen MR) is 67.3 cm³/mol. The lowest BCUT2D eigenvalue weighted by molar-refractivity contribution is 0.0663. The van der Waals surface area contributed by atoms with E-state index in [1.54, 1.807) is 12.1 Å². The van der Waals surface area contributed by atoms with Crippen molar-refractivity contribution in [3.05, 3.63) is 33.5 Å². The number of halogens is 2. The fourth-order valence-corrected chi connectivity index (χ4v) is 2.46. The van der Waals surface area contributed by atoms with Gasteiger partial charge in [0.2, 0.25) is 5.76 Å². The Morgan fingerprint density at radius 2 is 2.00 bits per heavy atom. The Morgan fingerprint density at radius 3 is 2.53 bits per heavy atom. The van der Waals surface area contributed by atoms with E-state index < -0.39 is 5.97 Å². The van der Waals surface area contributed by atoms with E-state index in [9.17, 15) is 4.79 Å². The van der Waals surface area contributed by atoms with Crippen LogP contribution in [0.1, 0.15) is 35.9 Å². The summed E-state index contributed by atoms with van der Waals surface area (Å²) in [5.74, 6) is -1.17. The number of aromatic carboxylic acids is 1. The smallest absolute Gasteiger partial charge is 0.372 e. The highest BCUT2D eigenvalue weighted by atomic mass is 35.5. The minimum atomic E-state index is -1.10. The van der Waals surface area contributed by atoms with Crippen LogP contribution in [0.15, 0.2) is 16.5 Å². The van der Waals surface area contributed by atoms with Gasteiger partial charge >= 0.3 is 5.97 Å². The number of hydrogen-bond donors (Lipinski definition) is 1. The summed E-state index contributed by atoms with van der Waals surface area (Å²) in [6.07, 6.45) is 0. The topological polar surface area (TPSA) is 50.4 Å². The minimum absolute atomic E-state index is 0.000950. The number of hydrogen-bond acceptors (Lipinski definition) is 2. The van der Waals surface area contributed by atoms with Crippen LogP contribution in [0, 0.1) is 0 Å². The Morgan fingerprint density at radius 1 is 1.35 bits per heavy atom. The summed E-state index contributed by atoms with van der Waals surface area (Å²) in [5, 5.41) is 10.6. The molecular weight excluding hydrogens is 263 g/mol. The normalized spacial score (nSPS) is 11.4. The third kappa shape index (κ3) is 2.01. The van der Waals surface area contributed by atoms with Gasteiger partial charge < -0.3 is 9.52 Å². The van der Waals surface area contributed by atoms with E-state index in [4.69, 9.17) is 32.7 Å². The second-order valence-corrected chi connectivity index (χ2v) is 4.91. The number of carboxylic acid groups (broad SMARTS) is 1. The molecule has 17 heavy (non-hydrogen) atoms. The van der Waals surface area contributed by atoms with E-state index in [0.29, 0.717) is 26.6 Å². The molecule has 0 aliphatic carbocycles. The van der Waals surface area contributed by atoms with Gasteiger partial charge in [0.05, 0.1) is 5.02 Å². The number of furan rings is 1. The van der Waals surface area contributed by atoms with Gasteiger partial charge in [-0.2, -0.15) is 0 Å². The molecule has 0 bridgehead atoms. The zero-order valence-electron chi connectivity index (χ0n) is 9.25. The summed E-state index contributed by atoms with van der Waals surface area (Å²) in [6.45, 7) is 3.78. The summed E-state index contributed by atoms with van der Waals surface area (Å²) >= 11 is 11.9. The maximum absolute atomic E-state index is 11.1. The molecule has 0 spiro atoms. The maximum atomic E-state index is 11.1. The zero-order chi connectivity index (χ0) is 12.7. The molecular formula is C12H10Cl2O3. The first-order valence-corrected chi connectivity index (χ1v) is 5.82. The molecule has 5 heteroatoms. The van der Waals surface area contributed by atoms with Gasteiger partial charge in [0, 0.05) is 22.0 Å². The van der Waals surface area contributed by atoms with Gasteiger partial charge in [0.25, 0.3) is 0 Å². The third-order valence-corrected chi connectivity index (χ3v) is 3.03. The van der Waals surface area contributed by atoms with Crippen LogP contribution in [-0.2, 0) is 0 Å². The van der Waals surface area contributed by atoms with Crippen molar-refractivity contribution in [2.24, 2.45) is 0 Å². The third-order valence-electron chi connectivity index (χ3n) is 2.52. The molecule has 2 rings (SSSR count). The van der Waals surface area contributed by atoms with Crippen molar-refractivity contribution in [2.45, 2.75) is 19.8 Å². The molecule has 1 aromatic carbocycles. The van der Waals surface area contributed by atoms with Gasteiger partial charge in [-0.15, -0.1) is 0 Å². The van der Waals surface area contributed by atoms with Crippen molar-refractivity contribution in [1.82, 2.24) is 0 Å². The largest absolute Gasteiger partial charge is 0.475 e. The van der Waals surface area contributed by atoms with Crippen LogP contribution >= 0.6 is 23.2 Å². The van der Waals surface area contributed by atoms with Gasteiger partial charge in [0.15, 0.2) is 0 Å². The predicted octanol–water partition coefficient (Wildman–Crippen LogP) is 4.56. The molecule has 0 aliphatic rings. The van der Waals surface area contributed by atoms with Gasteiger partial charge in [-0.1, -0.05) is 37.0 Å². The monoisotopic (exact) mass is 272 g/mol. The van der Waals surface area contributed by atoms with Crippen molar-refractivity contribution in [3.63, 3.8) is 0 Å². The summed E-state index contributed by atoms with van der Waals surface area (Å²) in [7, 11) is 0. The molecule has 3 nitrogen and oxygen atoms in total. The number of carbonyl (C=O) groups is 1. The molecule has 0 saturated carbocycles.